The first-order valence-electron chi connectivity index (χ1n) is 12.3. The van der Waals surface area contributed by atoms with Gasteiger partial charge in [-0.05, 0) is 12.8 Å². The van der Waals surface area contributed by atoms with Crippen molar-refractivity contribution in [1.29, 1.82) is 0 Å². The van der Waals surface area contributed by atoms with Gasteiger partial charge in [0.15, 0.2) is 0 Å². The Morgan fingerprint density at radius 2 is 0.897 bits per heavy atom. The molecule has 1 unspecified atom stereocenters. The van der Waals surface area contributed by atoms with Crippen molar-refractivity contribution in [3.05, 3.63) is 0 Å². The van der Waals surface area contributed by atoms with Gasteiger partial charge in [-0.3, -0.25) is 9.05 Å². The van der Waals surface area contributed by atoms with Crippen LogP contribution in [-0.2, 0) is 18.3 Å². The van der Waals surface area contributed by atoms with E-state index in [1.165, 1.54) is 89.9 Å². The summed E-state index contributed by atoms with van der Waals surface area (Å²) in [4.78, 5) is 9.65. The zero-order valence-corrected chi connectivity index (χ0v) is 20.3. The fourth-order valence-corrected chi connectivity index (χ4v) is 4.02. The van der Waals surface area contributed by atoms with Crippen molar-refractivity contribution >= 4 is 7.82 Å². The number of rotatable bonds is 24. The second-order valence-electron chi connectivity index (χ2n) is 8.05. The number of phosphoric ester groups is 1. The van der Waals surface area contributed by atoms with Crippen molar-refractivity contribution in [2.24, 2.45) is 0 Å². The van der Waals surface area contributed by atoms with Crippen LogP contribution in [0.15, 0.2) is 0 Å². The fraction of sp³-hybridized carbons (Fsp3) is 1.00. The molecule has 0 aromatic carbocycles. The molecule has 0 aliphatic heterocycles. The van der Waals surface area contributed by atoms with Gasteiger partial charge < -0.3 is 9.63 Å². The SMILES string of the molecule is CCCCCCCCCCCCCOP(=O)(O)OCCOCCCCCCCC. The standard InChI is InChI=1S/C23H49O5P/c1-3-5-7-9-11-12-13-14-15-17-19-21-27-29(24,25)28-23-22-26-20-18-16-10-8-6-4-2/h3-23H2,1-2H3,(H,24,25). The largest absolute Gasteiger partial charge is 0.472 e. The first-order valence-corrected chi connectivity index (χ1v) is 13.8. The van der Waals surface area contributed by atoms with Crippen molar-refractivity contribution in [2.45, 2.75) is 123 Å². The van der Waals surface area contributed by atoms with E-state index in [4.69, 9.17) is 13.8 Å². The zero-order valence-electron chi connectivity index (χ0n) is 19.4. The predicted octanol–water partition coefficient (Wildman–Crippen LogP) is 7.81. The summed E-state index contributed by atoms with van der Waals surface area (Å²) in [5.74, 6) is 0. The molecule has 1 N–H and O–H groups in total. The maximum Gasteiger partial charge on any atom is 0.472 e. The number of unbranched alkanes of at least 4 members (excludes halogenated alkanes) is 15. The number of hydrogen-bond donors (Lipinski definition) is 1. The first kappa shape index (κ1) is 29.1. The van der Waals surface area contributed by atoms with E-state index in [2.05, 4.69) is 13.8 Å². The summed E-state index contributed by atoms with van der Waals surface area (Å²) in [5, 5.41) is 0. The van der Waals surface area contributed by atoms with Crippen molar-refractivity contribution in [3.8, 4) is 0 Å². The Labute approximate surface area is 180 Å². The predicted molar refractivity (Wildman–Crippen MR) is 122 cm³/mol. The molecule has 0 aromatic rings. The summed E-state index contributed by atoms with van der Waals surface area (Å²) in [6, 6.07) is 0. The van der Waals surface area contributed by atoms with Gasteiger partial charge in [-0.1, -0.05) is 110 Å². The monoisotopic (exact) mass is 436 g/mol. The van der Waals surface area contributed by atoms with Gasteiger partial charge in [0.25, 0.3) is 0 Å². The lowest BCUT2D eigenvalue weighted by atomic mass is 10.1. The van der Waals surface area contributed by atoms with E-state index >= 15 is 0 Å². The number of ether oxygens (including phenoxy) is 1. The van der Waals surface area contributed by atoms with Gasteiger partial charge >= 0.3 is 7.82 Å². The van der Waals surface area contributed by atoms with E-state index in [9.17, 15) is 9.46 Å². The highest BCUT2D eigenvalue weighted by Crippen LogP contribution is 2.43. The second-order valence-corrected chi connectivity index (χ2v) is 9.50. The third-order valence-corrected chi connectivity index (χ3v) is 6.14. The van der Waals surface area contributed by atoms with Crippen LogP contribution in [0.5, 0.6) is 0 Å². The molecular formula is C23H49O5P. The van der Waals surface area contributed by atoms with Crippen LogP contribution in [0, 0.1) is 0 Å². The van der Waals surface area contributed by atoms with Gasteiger partial charge in [0, 0.05) is 6.61 Å². The van der Waals surface area contributed by atoms with E-state index in [1.807, 2.05) is 0 Å². The van der Waals surface area contributed by atoms with Crippen LogP contribution in [0.25, 0.3) is 0 Å². The summed E-state index contributed by atoms with van der Waals surface area (Å²) in [7, 11) is -3.93. The lowest BCUT2D eigenvalue weighted by molar-refractivity contribution is 0.0742. The molecule has 0 saturated heterocycles. The molecule has 176 valence electrons. The molecule has 0 aliphatic rings. The molecule has 0 heterocycles. The lowest BCUT2D eigenvalue weighted by Gasteiger charge is -2.12. The molecule has 0 aliphatic carbocycles. The molecule has 0 amide bonds. The van der Waals surface area contributed by atoms with Crippen molar-refractivity contribution < 1.29 is 23.2 Å². The Hall–Kier alpha value is 0.0700. The van der Waals surface area contributed by atoms with Crippen LogP contribution in [0.1, 0.15) is 123 Å². The summed E-state index contributed by atoms with van der Waals surface area (Å²) in [6.07, 6.45) is 21.0. The Kier molecular flexibility index (Phi) is 22.8. The molecule has 1 atom stereocenters. The highest BCUT2D eigenvalue weighted by Gasteiger charge is 2.20. The Morgan fingerprint density at radius 3 is 1.38 bits per heavy atom. The molecule has 29 heavy (non-hydrogen) atoms. The maximum absolute atomic E-state index is 11.8. The Balaban J connectivity index is 3.31. The molecule has 0 saturated carbocycles. The number of phosphoric acid groups is 1. The summed E-state index contributed by atoms with van der Waals surface area (Å²) < 4.78 is 27.2. The van der Waals surface area contributed by atoms with Crippen LogP contribution in [0.4, 0.5) is 0 Å². The summed E-state index contributed by atoms with van der Waals surface area (Å²) in [5.41, 5.74) is 0. The van der Waals surface area contributed by atoms with Crippen LogP contribution < -0.4 is 0 Å². The maximum atomic E-state index is 11.8. The van der Waals surface area contributed by atoms with E-state index in [0.717, 1.165) is 19.3 Å². The van der Waals surface area contributed by atoms with Crippen LogP contribution in [0.3, 0.4) is 0 Å². The van der Waals surface area contributed by atoms with Gasteiger partial charge in [0.05, 0.1) is 19.8 Å². The van der Waals surface area contributed by atoms with E-state index in [1.54, 1.807) is 0 Å². The molecule has 0 aromatic heterocycles. The minimum absolute atomic E-state index is 0.0991. The minimum atomic E-state index is -3.93. The normalized spacial score (nSPS) is 13.6. The molecule has 0 radical (unpaired) electrons. The Morgan fingerprint density at radius 1 is 0.517 bits per heavy atom. The smallest absolute Gasteiger partial charge is 0.379 e. The second kappa shape index (κ2) is 22.7. The Bertz CT molecular complexity index is 365. The molecule has 0 spiro atoms. The van der Waals surface area contributed by atoms with Crippen LogP contribution in [0.2, 0.25) is 0 Å². The molecular weight excluding hydrogens is 387 g/mol. The molecule has 5 nitrogen and oxygen atoms in total. The molecule has 0 rings (SSSR count). The van der Waals surface area contributed by atoms with Crippen LogP contribution in [-0.4, -0.2) is 31.3 Å². The summed E-state index contributed by atoms with van der Waals surface area (Å²) >= 11 is 0. The third-order valence-electron chi connectivity index (χ3n) is 5.13. The van der Waals surface area contributed by atoms with Crippen molar-refractivity contribution in [3.63, 3.8) is 0 Å². The first-order chi connectivity index (χ1) is 14.1. The van der Waals surface area contributed by atoms with Gasteiger partial charge in [-0.25, -0.2) is 4.57 Å². The average Bonchev–Trinajstić information content (AvgIpc) is 2.70. The van der Waals surface area contributed by atoms with Crippen molar-refractivity contribution in [2.75, 3.05) is 26.4 Å². The molecule has 6 heteroatoms. The van der Waals surface area contributed by atoms with Gasteiger partial charge in [0.2, 0.25) is 0 Å². The lowest BCUT2D eigenvalue weighted by Crippen LogP contribution is -2.06. The van der Waals surface area contributed by atoms with Crippen molar-refractivity contribution in [1.82, 2.24) is 0 Å². The quantitative estimate of drug-likeness (QED) is 0.123. The molecule has 0 fully saturated rings. The van der Waals surface area contributed by atoms with Crippen LogP contribution >= 0.6 is 7.82 Å². The number of hydrogen-bond acceptors (Lipinski definition) is 4. The highest BCUT2D eigenvalue weighted by atomic mass is 31.2. The average molecular weight is 437 g/mol. The molecule has 0 bridgehead atoms. The van der Waals surface area contributed by atoms with Gasteiger partial charge in [-0.2, -0.15) is 0 Å². The van der Waals surface area contributed by atoms with E-state index < -0.39 is 7.82 Å². The van der Waals surface area contributed by atoms with E-state index in [-0.39, 0.29) is 13.2 Å². The minimum Gasteiger partial charge on any atom is -0.379 e. The zero-order chi connectivity index (χ0) is 21.5. The third kappa shape index (κ3) is 24.2. The highest BCUT2D eigenvalue weighted by molar-refractivity contribution is 7.47. The topological polar surface area (TPSA) is 65.0 Å². The fourth-order valence-electron chi connectivity index (χ4n) is 3.28. The van der Waals surface area contributed by atoms with Gasteiger partial charge in [0.1, 0.15) is 0 Å². The summed E-state index contributed by atoms with van der Waals surface area (Å²) in [6.45, 7) is 5.86. The van der Waals surface area contributed by atoms with Gasteiger partial charge in [-0.15, -0.1) is 0 Å². The van der Waals surface area contributed by atoms with E-state index in [0.29, 0.717) is 13.2 Å².